The van der Waals surface area contributed by atoms with Gasteiger partial charge in [-0.3, -0.25) is 4.99 Å². The predicted octanol–water partition coefficient (Wildman–Crippen LogP) is -0.754. The Morgan fingerprint density at radius 3 is 3.25 bits per heavy atom. The van der Waals surface area contributed by atoms with Crippen molar-refractivity contribution >= 4 is 6.34 Å². The van der Waals surface area contributed by atoms with E-state index in [0.717, 1.165) is 13.0 Å². The van der Waals surface area contributed by atoms with Gasteiger partial charge in [0.05, 0.1) is 6.04 Å². The molecule has 0 aromatic rings. The molecular formula is C5H9N2O. The largest absolute Gasteiger partial charge is 0.396 e. The second-order valence-corrected chi connectivity index (χ2v) is 1.79. The molecule has 1 unspecified atom stereocenters. The molecule has 1 aliphatic heterocycles. The van der Waals surface area contributed by atoms with E-state index < -0.39 is 0 Å². The summed E-state index contributed by atoms with van der Waals surface area (Å²) in [6.07, 6.45) is 3.37. The summed E-state index contributed by atoms with van der Waals surface area (Å²) in [7, 11) is 0. The number of hydrogen-bond acceptors (Lipinski definition) is 3. The zero-order valence-corrected chi connectivity index (χ0v) is 4.59. The zero-order chi connectivity index (χ0) is 5.82. The van der Waals surface area contributed by atoms with Gasteiger partial charge in [-0.05, 0) is 6.42 Å². The maximum Gasteiger partial charge on any atom is 0.164 e. The number of aliphatic imine (C=N–C) groups is 1. The highest BCUT2D eigenvalue weighted by molar-refractivity contribution is 5.56. The normalized spacial score (nSPS) is 25.9. The minimum atomic E-state index is 0.220. The Labute approximate surface area is 48.4 Å². The fourth-order valence-corrected chi connectivity index (χ4v) is 0.662. The standard InChI is InChI=1S/C5H9N2O/c8-2-1-5-3-6-4-7-5/h5,8H,1-3H2,(H,6,7). The van der Waals surface area contributed by atoms with Crippen molar-refractivity contribution in [3.63, 3.8) is 0 Å². The molecule has 0 spiro atoms. The lowest BCUT2D eigenvalue weighted by Gasteiger charge is -1.99. The van der Waals surface area contributed by atoms with Crippen molar-refractivity contribution in [3.05, 3.63) is 0 Å². The summed E-state index contributed by atoms with van der Waals surface area (Å²) >= 11 is 0. The van der Waals surface area contributed by atoms with Crippen LogP contribution >= 0.6 is 0 Å². The van der Waals surface area contributed by atoms with Gasteiger partial charge in [-0.15, -0.1) is 0 Å². The van der Waals surface area contributed by atoms with Crippen LogP contribution in [0, 0.1) is 0 Å². The number of hydrogen-bond donors (Lipinski definition) is 2. The second kappa shape index (κ2) is 2.67. The average Bonchev–Trinajstić information content (AvgIpc) is 2.19. The summed E-state index contributed by atoms with van der Waals surface area (Å²) in [6, 6.07) is 0.264. The van der Waals surface area contributed by atoms with Crippen molar-refractivity contribution < 1.29 is 5.11 Å². The van der Waals surface area contributed by atoms with Gasteiger partial charge in [0.25, 0.3) is 0 Å². The lowest BCUT2D eigenvalue weighted by molar-refractivity contribution is 0.278. The number of nitrogens with zero attached hydrogens (tertiary/aromatic N) is 1. The molecule has 0 amide bonds. The Hall–Kier alpha value is -0.570. The molecule has 0 aromatic heterocycles. The van der Waals surface area contributed by atoms with Crippen LogP contribution in [-0.2, 0) is 0 Å². The van der Waals surface area contributed by atoms with E-state index in [-0.39, 0.29) is 12.6 Å². The summed E-state index contributed by atoms with van der Waals surface area (Å²) < 4.78 is 0. The predicted molar refractivity (Wildman–Crippen MR) is 30.9 cm³/mol. The third kappa shape index (κ3) is 1.20. The lowest BCUT2D eigenvalue weighted by Crippen LogP contribution is -2.15. The van der Waals surface area contributed by atoms with Crippen LogP contribution in [0.3, 0.4) is 0 Å². The average molecular weight is 113 g/mol. The van der Waals surface area contributed by atoms with Gasteiger partial charge in [-0.2, -0.15) is 0 Å². The molecule has 0 bridgehead atoms. The van der Waals surface area contributed by atoms with Gasteiger partial charge in [0, 0.05) is 13.2 Å². The van der Waals surface area contributed by atoms with Gasteiger partial charge in [-0.25, -0.2) is 0 Å². The smallest absolute Gasteiger partial charge is 0.164 e. The van der Waals surface area contributed by atoms with Crippen LogP contribution in [0.15, 0.2) is 4.99 Å². The van der Waals surface area contributed by atoms with Crippen LogP contribution in [0.5, 0.6) is 0 Å². The molecule has 1 radical (unpaired) electrons. The molecular weight excluding hydrogens is 104 g/mol. The van der Waals surface area contributed by atoms with Gasteiger partial charge >= 0.3 is 0 Å². The summed E-state index contributed by atoms with van der Waals surface area (Å²) in [5.41, 5.74) is 0. The summed E-state index contributed by atoms with van der Waals surface area (Å²) in [5.74, 6) is 0. The number of rotatable bonds is 2. The van der Waals surface area contributed by atoms with Crippen LogP contribution < -0.4 is 5.32 Å². The molecule has 0 fully saturated rings. The molecule has 1 heterocycles. The molecule has 1 rings (SSSR count). The zero-order valence-electron chi connectivity index (χ0n) is 4.59. The van der Waals surface area contributed by atoms with Crippen molar-refractivity contribution in [1.82, 2.24) is 5.32 Å². The lowest BCUT2D eigenvalue weighted by atomic mass is 10.2. The monoisotopic (exact) mass is 113 g/mol. The summed E-state index contributed by atoms with van der Waals surface area (Å²) in [4.78, 5) is 3.90. The minimum Gasteiger partial charge on any atom is -0.396 e. The maximum atomic E-state index is 8.41. The SMILES string of the molecule is OCCC1CN[C]=N1. The van der Waals surface area contributed by atoms with E-state index in [1.807, 2.05) is 0 Å². The topological polar surface area (TPSA) is 44.6 Å². The molecule has 3 heteroatoms. The van der Waals surface area contributed by atoms with E-state index in [4.69, 9.17) is 5.11 Å². The van der Waals surface area contributed by atoms with Gasteiger partial charge in [0.2, 0.25) is 0 Å². The van der Waals surface area contributed by atoms with Gasteiger partial charge in [-0.1, -0.05) is 0 Å². The number of nitrogens with one attached hydrogen (secondary N) is 1. The molecule has 0 aliphatic carbocycles. The first-order valence-electron chi connectivity index (χ1n) is 2.72. The Morgan fingerprint density at radius 2 is 2.75 bits per heavy atom. The molecule has 0 saturated heterocycles. The first kappa shape index (κ1) is 5.56. The fourth-order valence-electron chi connectivity index (χ4n) is 0.662. The summed E-state index contributed by atoms with van der Waals surface area (Å²) in [6.45, 7) is 1.05. The third-order valence-electron chi connectivity index (χ3n) is 1.13. The molecule has 1 atom stereocenters. The summed E-state index contributed by atoms with van der Waals surface area (Å²) in [5, 5.41) is 11.2. The van der Waals surface area contributed by atoms with E-state index in [2.05, 4.69) is 16.6 Å². The van der Waals surface area contributed by atoms with Crippen LogP contribution in [-0.4, -0.2) is 30.6 Å². The Kier molecular flexibility index (Phi) is 1.86. The van der Waals surface area contributed by atoms with Gasteiger partial charge in [0.15, 0.2) is 6.34 Å². The Morgan fingerprint density at radius 1 is 1.88 bits per heavy atom. The van der Waals surface area contributed by atoms with Crippen molar-refractivity contribution in [3.8, 4) is 0 Å². The molecule has 0 aromatic carbocycles. The van der Waals surface area contributed by atoms with Crippen LogP contribution in [0.2, 0.25) is 0 Å². The highest BCUT2D eigenvalue weighted by Gasteiger charge is 2.07. The Balaban J connectivity index is 2.16. The molecule has 0 saturated carbocycles. The first-order valence-corrected chi connectivity index (χ1v) is 2.72. The van der Waals surface area contributed by atoms with Gasteiger partial charge < -0.3 is 10.4 Å². The highest BCUT2D eigenvalue weighted by Crippen LogP contribution is 1.97. The van der Waals surface area contributed by atoms with Crippen LogP contribution in [0.1, 0.15) is 6.42 Å². The first-order chi connectivity index (χ1) is 3.93. The van der Waals surface area contributed by atoms with Crippen molar-refractivity contribution in [2.75, 3.05) is 13.2 Å². The van der Waals surface area contributed by atoms with E-state index in [1.54, 1.807) is 0 Å². The maximum absolute atomic E-state index is 8.41. The molecule has 1 aliphatic rings. The van der Waals surface area contributed by atoms with E-state index in [9.17, 15) is 0 Å². The van der Waals surface area contributed by atoms with E-state index >= 15 is 0 Å². The van der Waals surface area contributed by atoms with Crippen LogP contribution in [0.25, 0.3) is 0 Å². The van der Waals surface area contributed by atoms with Crippen molar-refractivity contribution in [2.45, 2.75) is 12.5 Å². The second-order valence-electron chi connectivity index (χ2n) is 1.79. The van der Waals surface area contributed by atoms with Gasteiger partial charge in [0.1, 0.15) is 0 Å². The third-order valence-corrected chi connectivity index (χ3v) is 1.13. The highest BCUT2D eigenvalue weighted by atomic mass is 16.3. The quantitative estimate of drug-likeness (QED) is 0.494. The molecule has 45 valence electrons. The molecule has 2 N–H and O–H groups in total. The number of aliphatic hydroxyl groups excluding tert-OH is 1. The van der Waals surface area contributed by atoms with Crippen LogP contribution in [0.4, 0.5) is 0 Å². The van der Waals surface area contributed by atoms with Crippen molar-refractivity contribution in [1.29, 1.82) is 0 Å². The fraction of sp³-hybridized carbons (Fsp3) is 0.800. The minimum absolute atomic E-state index is 0.220. The molecule has 3 nitrogen and oxygen atoms in total. The Bertz CT molecular complexity index is 92.4. The number of aliphatic hydroxyl groups is 1. The van der Waals surface area contributed by atoms with E-state index in [0.29, 0.717) is 0 Å². The van der Waals surface area contributed by atoms with E-state index in [1.165, 1.54) is 0 Å². The van der Waals surface area contributed by atoms with Crippen molar-refractivity contribution in [2.24, 2.45) is 4.99 Å². The molecule has 8 heavy (non-hydrogen) atoms.